The lowest BCUT2D eigenvalue weighted by Gasteiger charge is -2.12. The van der Waals surface area contributed by atoms with Crippen LogP contribution in [0.15, 0.2) is 70.9 Å². The van der Waals surface area contributed by atoms with Crippen molar-refractivity contribution >= 4 is 34.0 Å². The van der Waals surface area contributed by atoms with Gasteiger partial charge in [-0.2, -0.15) is 0 Å². The van der Waals surface area contributed by atoms with Gasteiger partial charge in [0.2, 0.25) is 0 Å². The molecule has 0 bridgehead atoms. The van der Waals surface area contributed by atoms with Crippen LogP contribution in [0.4, 0.5) is 0 Å². The molecule has 2 N–H and O–H groups in total. The van der Waals surface area contributed by atoms with E-state index in [0.717, 1.165) is 22.4 Å². The van der Waals surface area contributed by atoms with E-state index in [2.05, 4.69) is 24.9 Å². The average molecular weight is 430 g/mol. The number of aromatic nitrogens is 6. The molecule has 0 radical (unpaired) electrons. The van der Waals surface area contributed by atoms with Gasteiger partial charge in [0.15, 0.2) is 16.3 Å². The van der Waals surface area contributed by atoms with Crippen molar-refractivity contribution < 1.29 is 5.11 Å². The number of nitrogens with zero attached hydrogens (tertiary/aromatic N) is 5. The molecule has 8 nitrogen and oxygen atoms in total. The van der Waals surface area contributed by atoms with Crippen LogP contribution in [-0.2, 0) is 18.7 Å². The summed E-state index contributed by atoms with van der Waals surface area (Å²) in [7, 11) is 0. The largest absolute Gasteiger partial charge is 0.508 e. The van der Waals surface area contributed by atoms with E-state index in [0.29, 0.717) is 29.5 Å². The number of phenols is 1. The summed E-state index contributed by atoms with van der Waals surface area (Å²) in [6.45, 7) is 0.436. The number of phenolic OH excluding ortho intramolecular Hbond substituents is 1. The fourth-order valence-electron chi connectivity index (χ4n) is 3.35. The van der Waals surface area contributed by atoms with E-state index in [-0.39, 0.29) is 16.8 Å². The van der Waals surface area contributed by atoms with Crippen molar-refractivity contribution in [3.8, 4) is 5.75 Å². The van der Waals surface area contributed by atoms with Crippen molar-refractivity contribution in [2.45, 2.75) is 23.9 Å². The Bertz CT molecular complexity index is 1390. The van der Waals surface area contributed by atoms with Crippen LogP contribution in [0.25, 0.3) is 22.2 Å². The van der Waals surface area contributed by atoms with E-state index in [1.54, 1.807) is 16.7 Å². The lowest BCUT2D eigenvalue weighted by molar-refractivity contribution is 0.475. The number of thioether (sulfide) groups is 1. The lowest BCUT2D eigenvalue weighted by Crippen LogP contribution is -2.25. The maximum absolute atomic E-state index is 13.1. The second-order valence-electron chi connectivity index (χ2n) is 6.99. The summed E-state index contributed by atoms with van der Waals surface area (Å²) in [6.07, 6.45) is 3.64. The molecule has 5 rings (SSSR count). The van der Waals surface area contributed by atoms with Gasteiger partial charge in [-0.05, 0) is 36.2 Å². The van der Waals surface area contributed by atoms with E-state index in [1.807, 2.05) is 36.4 Å². The first kappa shape index (κ1) is 19.3. The van der Waals surface area contributed by atoms with Crippen molar-refractivity contribution in [3.05, 3.63) is 82.7 Å². The zero-order valence-electron chi connectivity index (χ0n) is 16.4. The van der Waals surface area contributed by atoms with Gasteiger partial charge in [-0.25, -0.2) is 19.9 Å². The van der Waals surface area contributed by atoms with Crippen molar-refractivity contribution in [2.75, 3.05) is 0 Å². The Hall–Kier alpha value is -3.72. The maximum Gasteiger partial charge on any atom is 0.282 e. The third-order valence-corrected chi connectivity index (χ3v) is 5.88. The van der Waals surface area contributed by atoms with E-state index < -0.39 is 0 Å². The van der Waals surface area contributed by atoms with Crippen molar-refractivity contribution in [2.24, 2.45) is 0 Å². The zero-order chi connectivity index (χ0) is 21.2. The molecule has 31 heavy (non-hydrogen) atoms. The molecule has 0 spiro atoms. The van der Waals surface area contributed by atoms with Gasteiger partial charge < -0.3 is 10.1 Å². The van der Waals surface area contributed by atoms with E-state index in [9.17, 15) is 9.90 Å². The lowest BCUT2D eigenvalue weighted by atomic mass is 10.1. The number of para-hydroxylation sites is 2. The van der Waals surface area contributed by atoms with Crippen LogP contribution in [0.3, 0.4) is 0 Å². The summed E-state index contributed by atoms with van der Waals surface area (Å²) >= 11 is 1.43. The summed E-state index contributed by atoms with van der Waals surface area (Å²) < 4.78 is 1.64. The normalized spacial score (nSPS) is 11.4. The third-order valence-electron chi connectivity index (χ3n) is 4.90. The molecule has 0 saturated heterocycles. The Morgan fingerprint density at radius 2 is 1.81 bits per heavy atom. The molecule has 0 aliphatic carbocycles. The number of hydrogen-bond donors (Lipinski definition) is 2. The molecule has 5 aromatic rings. The second kappa shape index (κ2) is 8.19. The summed E-state index contributed by atoms with van der Waals surface area (Å²) in [5, 5.41) is 10.1. The number of aryl methyl sites for hydroxylation is 1. The van der Waals surface area contributed by atoms with E-state index in [1.165, 1.54) is 24.2 Å². The number of rotatable bonds is 6. The van der Waals surface area contributed by atoms with Gasteiger partial charge in [0.1, 0.15) is 11.6 Å². The van der Waals surface area contributed by atoms with Crippen LogP contribution in [0.1, 0.15) is 11.4 Å². The van der Waals surface area contributed by atoms with Gasteiger partial charge >= 0.3 is 0 Å². The van der Waals surface area contributed by atoms with Gasteiger partial charge in [-0.15, -0.1) is 0 Å². The highest BCUT2D eigenvalue weighted by Gasteiger charge is 2.14. The number of fused-ring (bicyclic) bond motifs is 2. The molecule has 0 saturated carbocycles. The molecular formula is C22H18N6O2S. The molecule has 9 heteroatoms. The van der Waals surface area contributed by atoms with Crippen LogP contribution >= 0.6 is 11.8 Å². The minimum Gasteiger partial charge on any atom is -0.508 e. The smallest absolute Gasteiger partial charge is 0.282 e. The predicted octanol–water partition coefficient (Wildman–Crippen LogP) is 3.30. The Balaban J connectivity index is 1.46. The second-order valence-corrected chi connectivity index (χ2v) is 7.93. The molecule has 154 valence electrons. The minimum atomic E-state index is -0.219. The minimum absolute atomic E-state index is 0.214. The van der Waals surface area contributed by atoms with Gasteiger partial charge in [0.25, 0.3) is 5.56 Å². The SMILES string of the molecule is O=c1c2nccnc2nc(SCc2nc3ccccc3[nH]2)n1CCc1ccc(O)cc1. The van der Waals surface area contributed by atoms with Crippen LogP contribution in [0.5, 0.6) is 5.75 Å². The molecule has 2 aromatic carbocycles. The molecule has 0 aliphatic rings. The first-order valence-electron chi connectivity index (χ1n) is 9.73. The Morgan fingerprint density at radius 3 is 2.65 bits per heavy atom. The Kier molecular flexibility index (Phi) is 5.09. The van der Waals surface area contributed by atoms with Crippen molar-refractivity contribution in [1.82, 2.24) is 29.5 Å². The molecule has 3 aromatic heterocycles. The van der Waals surface area contributed by atoms with Crippen molar-refractivity contribution in [3.63, 3.8) is 0 Å². The van der Waals surface area contributed by atoms with Gasteiger partial charge in [0.05, 0.1) is 16.8 Å². The maximum atomic E-state index is 13.1. The summed E-state index contributed by atoms with van der Waals surface area (Å²) in [6, 6.07) is 14.8. The summed E-state index contributed by atoms with van der Waals surface area (Å²) in [5.41, 5.74) is 3.25. The Labute approximate surface area is 181 Å². The molecular weight excluding hydrogens is 412 g/mol. The monoisotopic (exact) mass is 430 g/mol. The van der Waals surface area contributed by atoms with Gasteiger partial charge in [0, 0.05) is 18.9 Å². The van der Waals surface area contributed by atoms with E-state index >= 15 is 0 Å². The molecule has 3 heterocycles. The highest BCUT2D eigenvalue weighted by atomic mass is 32.2. The molecule has 0 aliphatic heterocycles. The fourth-order valence-corrected chi connectivity index (χ4v) is 4.23. The average Bonchev–Trinajstić information content (AvgIpc) is 3.21. The third kappa shape index (κ3) is 3.99. The van der Waals surface area contributed by atoms with Crippen molar-refractivity contribution in [1.29, 1.82) is 0 Å². The Morgan fingerprint density at radius 1 is 1.00 bits per heavy atom. The topological polar surface area (TPSA) is 110 Å². The summed E-state index contributed by atoms with van der Waals surface area (Å²) in [5.74, 6) is 1.56. The first-order chi connectivity index (χ1) is 15.2. The van der Waals surface area contributed by atoms with Crippen LogP contribution in [0, 0.1) is 0 Å². The number of nitrogens with one attached hydrogen (secondary N) is 1. The van der Waals surface area contributed by atoms with Gasteiger partial charge in [-0.1, -0.05) is 36.0 Å². The molecule has 0 atom stereocenters. The number of aromatic amines is 1. The fraction of sp³-hybridized carbons (Fsp3) is 0.136. The van der Waals surface area contributed by atoms with Gasteiger partial charge in [-0.3, -0.25) is 9.36 Å². The first-order valence-corrected chi connectivity index (χ1v) is 10.7. The highest BCUT2D eigenvalue weighted by Crippen LogP contribution is 2.22. The molecule has 0 fully saturated rings. The molecule has 0 unspecified atom stereocenters. The van der Waals surface area contributed by atoms with Crippen LogP contribution in [-0.4, -0.2) is 34.6 Å². The van der Waals surface area contributed by atoms with Crippen LogP contribution < -0.4 is 5.56 Å². The summed E-state index contributed by atoms with van der Waals surface area (Å²) in [4.78, 5) is 34.0. The quantitative estimate of drug-likeness (QED) is 0.314. The number of imidazole rings is 1. The molecule has 0 amide bonds. The number of H-pyrrole nitrogens is 1. The zero-order valence-corrected chi connectivity index (χ0v) is 17.2. The highest BCUT2D eigenvalue weighted by molar-refractivity contribution is 7.98. The van der Waals surface area contributed by atoms with Crippen LogP contribution in [0.2, 0.25) is 0 Å². The number of aromatic hydroxyl groups is 1. The predicted molar refractivity (Wildman–Crippen MR) is 119 cm³/mol. The van der Waals surface area contributed by atoms with E-state index in [4.69, 9.17) is 0 Å². The standard InChI is InChI=1S/C22H18N6O2S/c29-15-7-5-14(6-8-15)9-12-28-21(30)19-20(24-11-10-23-19)27-22(28)31-13-18-25-16-3-1-2-4-17(16)26-18/h1-8,10-11,29H,9,12-13H2,(H,25,26). The number of benzene rings is 2. The number of hydrogen-bond acceptors (Lipinski definition) is 7.